The van der Waals surface area contributed by atoms with Crippen LogP contribution in [-0.4, -0.2) is 47.2 Å². The Bertz CT molecular complexity index is 354. The molecule has 20 heavy (non-hydrogen) atoms. The fourth-order valence-electron chi connectivity index (χ4n) is 3.13. The van der Waals surface area contributed by atoms with E-state index >= 15 is 0 Å². The third-order valence-electron chi connectivity index (χ3n) is 4.47. The summed E-state index contributed by atoms with van der Waals surface area (Å²) in [4.78, 5) is 25.3. The zero-order chi connectivity index (χ0) is 14.5. The highest BCUT2D eigenvalue weighted by atomic mass is 16.4. The summed E-state index contributed by atoms with van der Waals surface area (Å²) in [7, 11) is 0. The Morgan fingerprint density at radius 1 is 1.05 bits per heavy atom. The fraction of sp³-hybridized carbons (Fsp3) is 0.857. The first-order chi connectivity index (χ1) is 9.58. The van der Waals surface area contributed by atoms with E-state index < -0.39 is 11.9 Å². The van der Waals surface area contributed by atoms with E-state index in [1.54, 1.807) is 4.90 Å². The number of urea groups is 1. The van der Waals surface area contributed by atoms with Crippen LogP contribution >= 0.6 is 0 Å². The van der Waals surface area contributed by atoms with Gasteiger partial charge in [0, 0.05) is 25.2 Å². The molecular weight excluding hydrogens is 258 g/mol. The number of carbonyl (C=O) groups excluding carboxylic acids is 1. The van der Waals surface area contributed by atoms with Crippen molar-refractivity contribution in [1.29, 1.82) is 0 Å². The first-order valence-corrected chi connectivity index (χ1v) is 7.61. The number of hydrogen-bond donors (Lipinski definition) is 3. The van der Waals surface area contributed by atoms with Crippen LogP contribution in [0.25, 0.3) is 0 Å². The van der Waals surface area contributed by atoms with E-state index in [-0.39, 0.29) is 18.1 Å². The molecule has 2 unspecified atom stereocenters. The Hall–Kier alpha value is -1.30. The van der Waals surface area contributed by atoms with E-state index in [9.17, 15) is 14.7 Å². The predicted molar refractivity (Wildman–Crippen MR) is 75.3 cm³/mol. The topological polar surface area (TPSA) is 95.7 Å². The standard InChI is InChI=1S/C14H25N3O3/c15-10-6-8-17(9-7-10)14(20)16-12-5-3-1-2-4-11(12)13(18)19/h10-12H,1-9,15H2,(H,16,20)(H,18,19). The summed E-state index contributed by atoms with van der Waals surface area (Å²) in [6.45, 7) is 1.33. The lowest BCUT2D eigenvalue weighted by molar-refractivity contribution is -0.142. The molecule has 2 aliphatic rings. The maximum absolute atomic E-state index is 12.2. The van der Waals surface area contributed by atoms with E-state index in [1.165, 1.54) is 0 Å². The molecule has 114 valence electrons. The predicted octanol–water partition coefficient (Wildman–Crippen LogP) is 1.15. The number of likely N-dealkylation sites (tertiary alicyclic amines) is 1. The Morgan fingerprint density at radius 3 is 2.35 bits per heavy atom. The van der Waals surface area contributed by atoms with Gasteiger partial charge in [0.1, 0.15) is 0 Å². The molecule has 2 atom stereocenters. The Kier molecular flexibility index (Phi) is 5.23. The highest BCUT2D eigenvalue weighted by molar-refractivity contribution is 5.77. The van der Waals surface area contributed by atoms with Crippen molar-refractivity contribution >= 4 is 12.0 Å². The minimum absolute atomic E-state index is 0.130. The number of amides is 2. The Morgan fingerprint density at radius 2 is 1.70 bits per heavy atom. The number of piperidine rings is 1. The van der Waals surface area contributed by atoms with Crippen molar-refractivity contribution in [1.82, 2.24) is 10.2 Å². The first kappa shape index (κ1) is 15.1. The molecule has 4 N–H and O–H groups in total. The minimum Gasteiger partial charge on any atom is -0.481 e. The summed E-state index contributed by atoms with van der Waals surface area (Å²) in [6.07, 6.45) is 6.03. The normalized spacial score (nSPS) is 28.8. The van der Waals surface area contributed by atoms with Crippen molar-refractivity contribution in [2.24, 2.45) is 11.7 Å². The summed E-state index contributed by atoms with van der Waals surface area (Å²) in [6, 6.07) is -0.183. The van der Waals surface area contributed by atoms with E-state index in [0.717, 1.165) is 38.5 Å². The average Bonchev–Trinajstić information content (AvgIpc) is 2.65. The van der Waals surface area contributed by atoms with E-state index in [1.807, 2.05) is 0 Å². The number of carboxylic acid groups (broad SMARTS) is 1. The zero-order valence-electron chi connectivity index (χ0n) is 11.9. The number of carbonyl (C=O) groups is 2. The van der Waals surface area contributed by atoms with Crippen LogP contribution < -0.4 is 11.1 Å². The molecule has 2 fully saturated rings. The molecule has 1 aliphatic heterocycles. The second kappa shape index (κ2) is 6.92. The fourth-order valence-corrected chi connectivity index (χ4v) is 3.13. The molecule has 1 aliphatic carbocycles. The lowest BCUT2D eigenvalue weighted by atomic mass is 9.95. The van der Waals surface area contributed by atoms with Gasteiger partial charge in [-0.05, 0) is 25.7 Å². The van der Waals surface area contributed by atoms with Crippen LogP contribution in [0.1, 0.15) is 44.9 Å². The van der Waals surface area contributed by atoms with Gasteiger partial charge in [0.25, 0.3) is 0 Å². The molecule has 6 heteroatoms. The lowest BCUT2D eigenvalue weighted by Gasteiger charge is -2.32. The van der Waals surface area contributed by atoms with Gasteiger partial charge in [0.05, 0.1) is 5.92 Å². The maximum Gasteiger partial charge on any atom is 0.317 e. The van der Waals surface area contributed by atoms with Gasteiger partial charge in [0.2, 0.25) is 0 Å². The third-order valence-corrected chi connectivity index (χ3v) is 4.47. The molecule has 0 radical (unpaired) electrons. The van der Waals surface area contributed by atoms with Crippen molar-refractivity contribution in [3.8, 4) is 0 Å². The molecule has 0 aromatic carbocycles. The van der Waals surface area contributed by atoms with Crippen LogP contribution in [0.4, 0.5) is 4.79 Å². The van der Waals surface area contributed by atoms with Crippen molar-refractivity contribution < 1.29 is 14.7 Å². The molecular formula is C14H25N3O3. The minimum atomic E-state index is -0.794. The van der Waals surface area contributed by atoms with E-state index in [2.05, 4.69) is 5.32 Å². The van der Waals surface area contributed by atoms with Crippen LogP contribution in [0.2, 0.25) is 0 Å². The Labute approximate surface area is 119 Å². The van der Waals surface area contributed by atoms with Gasteiger partial charge in [-0.2, -0.15) is 0 Å². The largest absolute Gasteiger partial charge is 0.481 e. The molecule has 2 rings (SSSR count). The first-order valence-electron chi connectivity index (χ1n) is 7.61. The van der Waals surface area contributed by atoms with Crippen LogP contribution in [0.15, 0.2) is 0 Å². The molecule has 0 aromatic heterocycles. The number of hydrogen-bond acceptors (Lipinski definition) is 3. The number of nitrogens with two attached hydrogens (primary N) is 1. The van der Waals surface area contributed by atoms with Crippen LogP contribution in [0, 0.1) is 5.92 Å². The Balaban J connectivity index is 1.92. The van der Waals surface area contributed by atoms with Gasteiger partial charge >= 0.3 is 12.0 Å². The van der Waals surface area contributed by atoms with Crippen molar-refractivity contribution in [2.75, 3.05) is 13.1 Å². The molecule has 1 saturated heterocycles. The van der Waals surface area contributed by atoms with Gasteiger partial charge in [-0.15, -0.1) is 0 Å². The van der Waals surface area contributed by atoms with E-state index in [4.69, 9.17) is 5.73 Å². The molecule has 0 spiro atoms. The van der Waals surface area contributed by atoms with Gasteiger partial charge in [-0.1, -0.05) is 19.3 Å². The average molecular weight is 283 g/mol. The number of nitrogens with one attached hydrogen (secondary N) is 1. The number of nitrogens with zero attached hydrogens (tertiary/aromatic N) is 1. The van der Waals surface area contributed by atoms with Gasteiger partial charge in [-0.25, -0.2) is 4.79 Å². The monoisotopic (exact) mass is 283 g/mol. The third kappa shape index (κ3) is 3.85. The van der Waals surface area contributed by atoms with Gasteiger partial charge in [0.15, 0.2) is 0 Å². The molecule has 0 aromatic rings. The zero-order valence-corrected chi connectivity index (χ0v) is 11.9. The number of carboxylic acids is 1. The summed E-state index contributed by atoms with van der Waals surface area (Å²) in [5.74, 6) is -1.24. The van der Waals surface area contributed by atoms with Crippen LogP contribution in [0.3, 0.4) is 0 Å². The highest BCUT2D eigenvalue weighted by Gasteiger charge is 2.32. The summed E-state index contributed by atoms with van der Waals surface area (Å²) >= 11 is 0. The van der Waals surface area contributed by atoms with Crippen molar-refractivity contribution in [3.63, 3.8) is 0 Å². The molecule has 1 heterocycles. The summed E-state index contributed by atoms with van der Waals surface area (Å²) in [5, 5.41) is 12.3. The summed E-state index contributed by atoms with van der Waals surface area (Å²) < 4.78 is 0. The quantitative estimate of drug-likeness (QED) is 0.662. The van der Waals surface area contributed by atoms with E-state index in [0.29, 0.717) is 19.5 Å². The second-order valence-corrected chi connectivity index (χ2v) is 5.96. The number of rotatable bonds is 2. The molecule has 1 saturated carbocycles. The summed E-state index contributed by atoms with van der Waals surface area (Å²) in [5.41, 5.74) is 5.83. The SMILES string of the molecule is NC1CCN(C(=O)NC2CCCCCC2C(=O)O)CC1. The molecule has 0 bridgehead atoms. The molecule has 2 amide bonds. The molecule has 6 nitrogen and oxygen atoms in total. The lowest BCUT2D eigenvalue weighted by Crippen LogP contribution is -2.52. The van der Waals surface area contributed by atoms with Gasteiger partial charge in [-0.3, -0.25) is 4.79 Å². The van der Waals surface area contributed by atoms with Gasteiger partial charge < -0.3 is 21.1 Å². The van der Waals surface area contributed by atoms with Crippen LogP contribution in [0.5, 0.6) is 0 Å². The maximum atomic E-state index is 12.2. The van der Waals surface area contributed by atoms with Crippen LogP contribution in [-0.2, 0) is 4.79 Å². The van der Waals surface area contributed by atoms with Crippen molar-refractivity contribution in [2.45, 2.75) is 57.0 Å². The second-order valence-electron chi connectivity index (χ2n) is 5.96. The number of aliphatic carboxylic acids is 1. The highest BCUT2D eigenvalue weighted by Crippen LogP contribution is 2.24. The van der Waals surface area contributed by atoms with Crippen molar-refractivity contribution in [3.05, 3.63) is 0 Å². The smallest absolute Gasteiger partial charge is 0.317 e.